The average molecular weight is 244 g/mol. The molecule has 2 rings (SSSR count). The lowest BCUT2D eigenvalue weighted by molar-refractivity contribution is 0.213. The molecular formula is C8H10BrN3O. The van der Waals surface area contributed by atoms with Gasteiger partial charge in [0.15, 0.2) is 0 Å². The van der Waals surface area contributed by atoms with Crippen molar-refractivity contribution in [3.63, 3.8) is 0 Å². The summed E-state index contributed by atoms with van der Waals surface area (Å²) in [6.07, 6.45) is 4.55. The number of halogens is 1. The molecule has 0 aromatic carbocycles. The number of nitrogens with one attached hydrogen (secondary N) is 1. The van der Waals surface area contributed by atoms with E-state index in [9.17, 15) is 0 Å². The highest BCUT2D eigenvalue weighted by atomic mass is 79.9. The molecule has 1 unspecified atom stereocenters. The number of rotatable bonds is 2. The molecule has 0 saturated carbocycles. The molecule has 1 aliphatic rings. The molecule has 0 amide bonds. The van der Waals surface area contributed by atoms with E-state index in [0.717, 1.165) is 24.1 Å². The molecular weight excluding hydrogens is 234 g/mol. The zero-order valence-corrected chi connectivity index (χ0v) is 8.62. The van der Waals surface area contributed by atoms with Crippen LogP contribution in [0.4, 0.5) is 0 Å². The first-order chi connectivity index (χ1) is 6.34. The van der Waals surface area contributed by atoms with Gasteiger partial charge in [-0.2, -0.15) is 0 Å². The molecule has 1 aromatic rings. The maximum atomic E-state index is 5.57. The molecule has 70 valence electrons. The fraction of sp³-hybridized carbons (Fsp3) is 0.500. The molecule has 0 aliphatic carbocycles. The third-order valence-electron chi connectivity index (χ3n) is 1.90. The molecule has 1 aromatic heterocycles. The Morgan fingerprint density at radius 1 is 1.46 bits per heavy atom. The third kappa shape index (κ3) is 2.38. The minimum Gasteiger partial charge on any atom is -0.472 e. The van der Waals surface area contributed by atoms with Crippen molar-refractivity contribution in [1.82, 2.24) is 15.3 Å². The Labute approximate surface area is 84.9 Å². The van der Waals surface area contributed by atoms with E-state index in [-0.39, 0.29) is 6.10 Å². The summed E-state index contributed by atoms with van der Waals surface area (Å²) in [7, 11) is 0. The zero-order chi connectivity index (χ0) is 9.10. The molecule has 5 heteroatoms. The van der Waals surface area contributed by atoms with Crippen molar-refractivity contribution in [3.05, 3.63) is 17.0 Å². The lowest BCUT2D eigenvalue weighted by Gasteiger charge is -2.10. The van der Waals surface area contributed by atoms with Crippen LogP contribution in [0.15, 0.2) is 17.0 Å². The Balaban J connectivity index is 1.97. The molecule has 0 radical (unpaired) electrons. The summed E-state index contributed by atoms with van der Waals surface area (Å²) >= 11 is 3.22. The predicted molar refractivity (Wildman–Crippen MR) is 51.6 cm³/mol. The van der Waals surface area contributed by atoms with Crippen LogP contribution in [0.1, 0.15) is 6.42 Å². The molecule has 1 N–H and O–H groups in total. The number of hydrogen-bond acceptors (Lipinski definition) is 4. The smallest absolute Gasteiger partial charge is 0.232 e. The standard InChI is InChI=1S/C8H10BrN3O/c9-7-4-12-8(5-11-7)13-6-1-2-10-3-6/h4-6,10H,1-3H2. The van der Waals surface area contributed by atoms with Crippen LogP contribution >= 0.6 is 15.9 Å². The zero-order valence-electron chi connectivity index (χ0n) is 7.03. The van der Waals surface area contributed by atoms with Crippen LogP contribution in [0.2, 0.25) is 0 Å². The molecule has 2 heterocycles. The van der Waals surface area contributed by atoms with Gasteiger partial charge in [0.25, 0.3) is 0 Å². The van der Waals surface area contributed by atoms with Crippen LogP contribution in [-0.2, 0) is 0 Å². The van der Waals surface area contributed by atoms with Gasteiger partial charge in [-0.3, -0.25) is 0 Å². The summed E-state index contributed by atoms with van der Waals surface area (Å²) in [4.78, 5) is 8.11. The minimum atomic E-state index is 0.246. The van der Waals surface area contributed by atoms with Crippen molar-refractivity contribution in [3.8, 4) is 5.88 Å². The van der Waals surface area contributed by atoms with Crippen LogP contribution in [0.5, 0.6) is 5.88 Å². The van der Waals surface area contributed by atoms with Gasteiger partial charge < -0.3 is 10.1 Å². The van der Waals surface area contributed by atoms with Crippen molar-refractivity contribution >= 4 is 15.9 Å². The molecule has 1 saturated heterocycles. The first kappa shape index (κ1) is 8.90. The quantitative estimate of drug-likeness (QED) is 0.842. The Bertz CT molecular complexity index is 271. The molecule has 1 fully saturated rings. The van der Waals surface area contributed by atoms with Gasteiger partial charge in [0, 0.05) is 6.54 Å². The van der Waals surface area contributed by atoms with Crippen molar-refractivity contribution in [1.29, 1.82) is 0 Å². The van der Waals surface area contributed by atoms with E-state index in [0.29, 0.717) is 5.88 Å². The van der Waals surface area contributed by atoms with E-state index >= 15 is 0 Å². The first-order valence-corrected chi connectivity index (χ1v) is 4.99. The van der Waals surface area contributed by atoms with Gasteiger partial charge in [0.1, 0.15) is 10.7 Å². The van der Waals surface area contributed by atoms with Crippen LogP contribution in [0.3, 0.4) is 0 Å². The van der Waals surface area contributed by atoms with Gasteiger partial charge in [-0.1, -0.05) is 0 Å². The summed E-state index contributed by atoms with van der Waals surface area (Å²) in [6, 6.07) is 0. The van der Waals surface area contributed by atoms with E-state index in [1.165, 1.54) is 0 Å². The monoisotopic (exact) mass is 243 g/mol. The third-order valence-corrected chi connectivity index (χ3v) is 2.31. The summed E-state index contributed by atoms with van der Waals surface area (Å²) < 4.78 is 6.30. The maximum absolute atomic E-state index is 5.57. The Hall–Kier alpha value is -0.680. The number of nitrogens with zero attached hydrogens (tertiary/aromatic N) is 2. The molecule has 0 bridgehead atoms. The summed E-state index contributed by atoms with van der Waals surface area (Å²) in [6.45, 7) is 1.92. The Morgan fingerprint density at radius 2 is 2.38 bits per heavy atom. The van der Waals surface area contributed by atoms with Gasteiger partial charge in [-0.15, -0.1) is 0 Å². The summed E-state index contributed by atoms with van der Waals surface area (Å²) in [5.74, 6) is 0.594. The minimum absolute atomic E-state index is 0.246. The SMILES string of the molecule is Brc1cnc(OC2CCNC2)cn1. The van der Waals surface area contributed by atoms with E-state index in [1.54, 1.807) is 12.4 Å². The lowest BCUT2D eigenvalue weighted by Crippen LogP contribution is -2.20. The lowest BCUT2D eigenvalue weighted by atomic mass is 10.3. The topological polar surface area (TPSA) is 47.0 Å². The molecule has 4 nitrogen and oxygen atoms in total. The number of aromatic nitrogens is 2. The van der Waals surface area contributed by atoms with Crippen LogP contribution in [0, 0.1) is 0 Å². The number of hydrogen-bond donors (Lipinski definition) is 1. The normalized spacial score (nSPS) is 21.8. The first-order valence-electron chi connectivity index (χ1n) is 4.19. The highest BCUT2D eigenvalue weighted by Gasteiger charge is 2.16. The molecule has 1 atom stereocenters. The highest BCUT2D eigenvalue weighted by molar-refractivity contribution is 9.10. The number of ether oxygens (including phenoxy) is 1. The maximum Gasteiger partial charge on any atom is 0.232 e. The largest absolute Gasteiger partial charge is 0.472 e. The Morgan fingerprint density at radius 3 is 3.00 bits per heavy atom. The van der Waals surface area contributed by atoms with Crippen molar-refractivity contribution in [2.75, 3.05) is 13.1 Å². The van der Waals surface area contributed by atoms with Crippen molar-refractivity contribution in [2.45, 2.75) is 12.5 Å². The van der Waals surface area contributed by atoms with Gasteiger partial charge in [-0.05, 0) is 28.9 Å². The second-order valence-corrected chi connectivity index (χ2v) is 3.72. The van der Waals surface area contributed by atoms with E-state index in [4.69, 9.17) is 4.74 Å². The second kappa shape index (κ2) is 4.02. The fourth-order valence-electron chi connectivity index (χ4n) is 1.26. The average Bonchev–Trinajstić information content (AvgIpc) is 2.62. The van der Waals surface area contributed by atoms with Crippen molar-refractivity contribution < 1.29 is 4.74 Å². The van der Waals surface area contributed by atoms with E-state index in [2.05, 4.69) is 31.2 Å². The summed E-state index contributed by atoms with van der Waals surface area (Å²) in [5.41, 5.74) is 0. The van der Waals surface area contributed by atoms with Crippen LogP contribution in [0.25, 0.3) is 0 Å². The van der Waals surface area contributed by atoms with Gasteiger partial charge in [0.05, 0.1) is 12.4 Å². The van der Waals surface area contributed by atoms with Crippen LogP contribution in [-0.4, -0.2) is 29.2 Å². The van der Waals surface area contributed by atoms with E-state index < -0.39 is 0 Å². The van der Waals surface area contributed by atoms with Gasteiger partial charge in [-0.25, -0.2) is 9.97 Å². The molecule has 0 spiro atoms. The van der Waals surface area contributed by atoms with Crippen LogP contribution < -0.4 is 10.1 Å². The highest BCUT2D eigenvalue weighted by Crippen LogP contribution is 2.12. The second-order valence-electron chi connectivity index (χ2n) is 2.91. The van der Waals surface area contributed by atoms with Gasteiger partial charge >= 0.3 is 0 Å². The molecule has 13 heavy (non-hydrogen) atoms. The molecule has 1 aliphatic heterocycles. The van der Waals surface area contributed by atoms with E-state index in [1.807, 2.05) is 0 Å². The van der Waals surface area contributed by atoms with Gasteiger partial charge in [0.2, 0.25) is 5.88 Å². The predicted octanol–water partition coefficient (Wildman–Crippen LogP) is 0.980. The van der Waals surface area contributed by atoms with Crippen molar-refractivity contribution in [2.24, 2.45) is 0 Å². The fourth-order valence-corrected chi connectivity index (χ4v) is 1.47. The Kier molecular flexibility index (Phi) is 2.75. The summed E-state index contributed by atoms with van der Waals surface area (Å²) in [5, 5.41) is 3.22.